The molecular formula is C20H21FN4O4. The third-order valence-corrected chi connectivity index (χ3v) is 4.87. The summed E-state index contributed by atoms with van der Waals surface area (Å²) in [6.45, 7) is 1.53. The van der Waals surface area contributed by atoms with Crippen LogP contribution in [-0.2, 0) is 0 Å². The lowest BCUT2D eigenvalue weighted by Crippen LogP contribution is -2.43. The molecule has 0 atom stereocenters. The van der Waals surface area contributed by atoms with E-state index in [0.29, 0.717) is 25.3 Å². The second kappa shape index (κ2) is 9.13. The number of piperidine rings is 1. The lowest BCUT2D eigenvalue weighted by Gasteiger charge is -2.32. The number of nitro benzene ring substituents is 1. The minimum absolute atomic E-state index is 0.127. The van der Waals surface area contributed by atoms with Crippen LogP contribution in [-0.4, -0.2) is 41.4 Å². The predicted molar refractivity (Wildman–Crippen MR) is 105 cm³/mol. The van der Waals surface area contributed by atoms with Gasteiger partial charge in [0.1, 0.15) is 5.82 Å². The number of halogens is 1. The highest BCUT2D eigenvalue weighted by molar-refractivity contribution is 5.94. The molecule has 3 rings (SSSR count). The molecule has 1 aliphatic rings. The first-order valence-corrected chi connectivity index (χ1v) is 9.26. The van der Waals surface area contributed by atoms with Crippen molar-refractivity contribution in [1.82, 2.24) is 10.2 Å². The molecule has 0 saturated carbocycles. The van der Waals surface area contributed by atoms with Crippen molar-refractivity contribution in [2.75, 3.05) is 25.0 Å². The van der Waals surface area contributed by atoms with Crippen molar-refractivity contribution in [1.29, 1.82) is 0 Å². The third-order valence-electron chi connectivity index (χ3n) is 4.87. The number of nitrogens with zero attached hydrogens (tertiary/aromatic N) is 2. The summed E-state index contributed by atoms with van der Waals surface area (Å²) >= 11 is 0. The highest BCUT2D eigenvalue weighted by atomic mass is 19.1. The zero-order valence-electron chi connectivity index (χ0n) is 15.6. The number of nitrogens with one attached hydrogen (secondary N) is 2. The third kappa shape index (κ3) is 5.50. The van der Waals surface area contributed by atoms with Crippen LogP contribution in [0, 0.1) is 21.8 Å². The number of non-ortho nitro benzene ring substituents is 1. The first kappa shape index (κ1) is 20.2. The van der Waals surface area contributed by atoms with Gasteiger partial charge >= 0.3 is 6.03 Å². The van der Waals surface area contributed by atoms with Crippen molar-refractivity contribution < 1.29 is 18.9 Å². The zero-order chi connectivity index (χ0) is 20.8. The second-order valence-electron chi connectivity index (χ2n) is 6.88. The van der Waals surface area contributed by atoms with Gasteiger partial charge < -0.3 is 15.5 Å². The molecule has 1 fully saturated rings. The molecule has 0 radical (unpaired) electrons. The summed E-state index contributed by atoms with van der Waals surface area (Å²) in [4.78, 5) is 36.5. The number of urea groups is 1. The molecule has 3 amide bonds. The van der Waals surface area contributed by atoms with Gasteiger partial charge in [-0.3, -0.25) is 14.9 Å². The molecule has 2 aromatic rings. The number of anilines is 1. The maximum atomic E-state index is 12.9. The molecule has 2 N–H and O–H groups in total. The summed E-state index contributed by atoms with van der Waals surface area (Å²) in [6, 6.07) is 10.9. The average molecular weight is 400 g/mol. The number of carbonyl (C=O) groups is 2. The minimum Gasteiger partial charge on any atom is -0.352 e. The number of hydrogen-bond donors (Lipinski definition) is 2. The second-order valence-corrected chi connectivity index (χ2v) is 6.88. The monoisotopic (exact) mass is 400 g/mol. The first-order chi connectivity index (χ1) is 13.9. The Morgan fingerprint density at radius 2 is 1.83 bits per heavy atom. The molecule has 9 heteroatoms. The van der Waals surface area contributed by atoms with E-state index in [2.05, 4.69) is 10.6 Å². The van der Waals surface area contributed by atoms with Crippen molar-refractivity contribution >= 4 is 23.3 Å². The Kier molecular flexibility index (Phi) is 6.38. The van der Waals surface area contributed by atoms with Gasteiger partial charge in [-0.05, 0) is 49.1 Å². The summed E-state index contributed by atoms with van der Waals surface area (Å²) in [5.41, 5.74) is 0.649. The van der Waals surface area contributed by atoms with Crippen LogP contribution < -0.4 is 10.6 Å². The van der Waals surface area contributed by atoms with E-state index in [-0.39, 0.29) is 34.9 Å². The van der Waals surface area contributed by atoms with E-state index < -0.39 is 4.92 Å². The number of likely N-dealkylation sites (tertiary alicyclic amines) is 1. The normalized spacial score (nSPS) is 14.3. The number of amides is 3. The van der Waals surface area contributed by atoms with Gasteiger partial charge in [-0.2, -0.15) is 0 Å². The minimum atomic E-state index is -0.538. The summed E-state index contributed by atoms with van der Waals surface area (Å²) < 4.78 is 12.9. The number of benzene rings is 2. The smallest absolute Gasteiger partial charge is 0.321 e. The van der Waals surface area contributed by atoms with Crippen LogP contribution in [0.3, 0.4) is 0 Å². The standard InChI is InChI=1S/C20H21FN4O4/c21-16-4-6-17(7-5-16)23-20(27)24-10-8-14(9-11-24)13-22-19(26)15-2-1-3-18(12-15)25(28)29/h1-7,12,14H,8-11,13H2,(H,22,26)(H,23,27). The van der Waals surface area contributed by atoms with Crippen LogP contribution in [0.5, 0.6) is 0 Å². The van der Waals surface area contributed by atoms with Crippen molar-refractivity contribution in [3.8, 4) is 0 Å². The zero-order valence-corrected chi connectivity index (χ0v) is 15.6. The molecule has 1 heterocycles. The Bertz CT molecular complexity index is 896. The van der Waals surface area contributed by atoms with Crippen LogP contribution in [0.15, 0.2) is 48.5 Å². The molecule has 0 bridgehead atoms. The molecule has 8 nitrogen and oxygen atoms in total. The van der Waals surface area contributed by atoms with Gasteiger partial charge in [0.15, 0.2) is 0 Å². The van der Waals surface area contributed by atoms with Gasteiger partial charge in [-0.25, -0.2) is 9.18 Å². The largest absolute Gasteiger partial charge is 0.352 e. The van der Waals surface area contributed by atoms with Gasteiger partial charge in [0.05, 0.1) is 4.92 Å². The molecule has 29 heavy (non-hydrogen) atoms. The summed E-state index contributed by atoms with van der Waals surface area (Å²) in [5.74, 6) is -0.506. The summed E-state index contributed by atoms with van der Waals surface area (Å²) in [7, 11) is 0. The Hall–Kier alpha value is -3.49. The van der Waals surface area contributed by atoms with Gasteiger partial charge in [0.2, 0.25) is 0 Å². The molecule has 0 aliphatic carbocycles. The fourth-order valence-electron chi connectivity index (χ4n) is 3.18. The molecule has 0 spiro atoms. The van der Waals surface area contributed by atoms with Crippen LogP contribution in [0.2, 0.25) is 0 Å². The van der Waals surface area contributed by atoms with Crippen LogP contribution in [0.25, 0.3) is 0 Å². The first-order valence-electron chi connectivity index (χ1n) is 9.26. The molecule has 1 aliphatic heterocycles. The van der Waals surface area contributed by atoms with E-state index in [4.69, 9.17) is 0 Å². The van der Waals surface area contributed by atoms with Crippen molar-refractivity contribution in [3.63, 3.8) is 0 Å². The highest BCUT2D eigenvalue weighted by Gasteiger charge is 2.23. The Balaban J connectivity index is 1.44. The fraction of sp³-hybridized carbons (Fsp3) is 0.300. The van der Waals surface area contributed by atoms with E-state index in [1.807, 2.05) is 0 Å². The highest BCUT2D eigenvalue weighted by Crippen LogP contribution is 2.19. The van der Waals surface area contributed by atoms with Crippen molar-refractivity contribution in [3.05, 3.63) is 70.0 Å². The molecular weight excluding hydrogens is 379 g/mol. The number of rotatable bonds is 5. The average Bonchev–Trinajstić information content (AvgIpc) is 2.74. The van der Waals surface area contributed by atoms with Gasteiger partial charge in [-0.1, -0.05) is 6.07 Å². The van der Waals surface area contributed by atoms with E-state index >= 15 is 0 Å². The number of hydrogen-bond acceptors (Lipinski definition) is 4. The van der Waals surface area contributed by atoms with Gasteiger partial charge in [0, 0.05) is 43.0 Å². The molecule has 2 aromatic carbocycles. The molecule has 0 unspecified atom stereocenters. The van der Waals surface area contributed by atoms with Crippen molar-refractivity contribution in [2.45, 2.75) is 12.8 Å². The van der Waals surface area contributed by atoms with E-state index in [1.54, 1.807) is 4.90 Å². The topological polar surface area (TPSA) is 105 Å². The SMILES string of the molecule is O=C(NCC1CCN(C(=O)Nc2ccc(F)cc2)CC1)c1cccc([N+](=O)[O-])c1. The van der Waals surface area contributed by atoms with E-state index in [1.165, 1.54) is 48.5 Å². The fourth-order valence-corrected chi connectivity index (χ4v) is 3.18. The molecule has 1 saturated heterocycles. The van der Waals surface area contributed by atoms with Crippen LogP contribution >= 0.6 is 0 Å². The van der Waals surface area contributed by atoms with Gasteiger partial charge in [-0.15, -0.1) is 0 Å². The predicted octanol–water partition coefficient (Wildman–Crippen LogP) is 3.41. The summed E-state index contributed by atoms with van der Waals surface area (Å²) in [6.07, 6.45) is 1.46. The number of carbonyl (C=O) groups excluding carboxylic acids is 2. The van der Waals surface area contributed by atoms with E-state index in [0.717, 1.165) is 12.8 Å². The number of nitro groups is 1. The van der Waals surface area contributed by atoms with Crippen LogP contribution in [0.1, 0.15) is 23.2 Å². The van der Waals surface area contributed by atoms with Crippen LogP contribution in [0.4, 0.5) is 20.6 Å². The van der Waals surface area contributed by atoms with Gasteiger partial charge in [0.25, 0.3) is 11.6 Å². The van der Waals surface area contributed by atoms with E-state index in [9.17, 15) is 24.1 Å². The Morgan fingerprint density at radius 1 is 1.14 bits per heavy atom. The maximum absolute atomic E-state index is 12.9. The Morgan fingerprint density at radius 3 is 2.48 bits per heavy atom. The Labute approximate surface area is 166 Å². The maximum Gasteiger partial charge on any atom is 0.321 e. The lowest BCUT2D eigenvalue weighted by atomic mass is 9.97. The molecule has 0 aromatic heterocycles. The summed E-state index contributed by atoms with van der Waals surface area (Å²) in [5, 5.41) is 16.4. The molecule has 152 valence electrons. The lowest BCUT2D eigenvalue weighted by molar-refractivity contribution is -0.384. The van der Waals surface area contributed by atoms with Crippen molar-refractivity contribution in [2.24, 2.45) is 5.92 Å². The quantitative estimate of drug-likeness (QED) is 0.593.